The zero-order valence-corrected chi connectivity index (χ0v) is 9.37. The van der Waals surface area contributed by atoms with Gasteiger partial charge in [0.1, 0.15) is 0 Å². The Labute approximate surface area is 85.3 Å². The fourth-order valence-electron chi connectivity index (χ4n) is 1.46. The minimum atomic E-state index is 0.315. The van der Waals surface area contributed by atoms with Gasteiger partial charge in [0.15, 0.2) is 0 Å². The van der Waals surface area contributed by atoms with Crippen molar-refractivity contribution in [2.45, 2.75) is 26.8 Å². The number of methoxy groups -OCH3 is 1. The molecule has 4 nitrogen and oxygen atoms in total. The molecule has 1 N–H and O–H groups in total. The van der Waals surface area contributed by atoms with Crippen LogP contribution in [0.15, 0.2) is 6.20 Å². The Morgan fingerprint density at radius 1 is 1.64 bits per heavy atom. The van der Waals surface area contributed by atoms with Crippen molar-refractivity contribution in [3.8, 4) is 0 Å². The first kappa shape index (κ1) is 11.0. The summed E-state index contributed by atoms with van der Waals surface area (Å²) in [5.41, 5.74) is 1.03. The van der Waals surface area contributed by atoms with Crippen molar-refractivity contribution in [3.05, 3.63) is 11.9 Å². The van der Waals surface area contributed by atoms with E-state index >= 15 is 0 Å². The highest BCUT2D eigenvalue weighted by Gasteiger charge is 2.10. The predicted octanol–water partition coefficient (Wildman–Crippen LogP) is 1.83. The molecule has 1 heterocycles. The summed E-state index contributed by atoms with van der Waals surface area (Å²) in [6.45, 7) is 7.77. The lowest BCUT2D eigenvalue weighted by atomic mass is 10.3. The first-order valence-electron chi connectivity index (χ1n) is 4.97. The summed E-state index contributed by atoms with van der Waals surface area (Å²) in [7, 11) is 1.72. The lowest BCUT2D eigenvalue weighted by molar-refractivity contribution is 0.163. The molecule has 80 valence electrons. The van der Waals surface area contributed by atoms with Crippen LogP contribution in [0.3, 0.4) is 0 Å². The number of aromatic nitrogens is 2. The summed E-state index contributed by atoms with van der Waals surface area (Å²) in [5.74, 6) is 0.926. The fourth-order valence-corrected chi connectivity index (χ4v) is 1.46. The van der Waals surface area contributed by atoms with Gasteiger partial charge in [-0.1, -0.05) is 0 Å². The maximum atomic E-state index is 5.12. The highest BCUT2D eigenvalue weighted by molar-refractivity contribution is 5.29. The van der Waals surface area contributed by atoms with Crippen molar-refractivity contribution in [1.82, 2.24) is 9.55 Å². The maximum absolute atomic E-state index is 5.12. The molecule has 1 aromatic heterocycles. The van der Waals surface area contributed by atoms with Crippen molar-refractivity contribution in [2.24, 2.45) is 0 Å². The Kier molecular flexibility index (Phi) is 3.95. The van der Waals surface area contributed by atoms with Crippen molar-refractivity contribution in [3.63, 3.8) is 0 Å². The molecule has 0 bridgehead atoms. The SMILES string of the molecule is CCNc1nc(C)cn1C(C)COC. The van der Waals surface area contributed by atoms with E-state index in [1.165, 1.54) is 0 Å². The largest absolute Gasteiger partial charge is 0.383 e. The number of hydrogen-bond donors (Lipinski definition) is 1. The van der Waals surface area contributed by atoms with E-state index in [2.05, 4.69) is 28.7 Å². The quantitative estimate of drug-likeness (QED) is 0.782. The first-order chi connectivity index (χ1) is 6.69. The molecule has 0 aliphatic carbocycles. The highest BCUT2D eigenvalue weighted by Crippen LogP contribution is 2.15. The molecule has 0 spiro atoms. The molecule has 1 rings (SSSR count). The number of rotatable bonds is 5. The summed E-state index contributed by atoms with van der Waals surface area (Å²) in [4.78, 5) is 4.40. The number of nitrogens with zero attached hydrogens (tertiary/aromatic N) is 2. The van der Waals surface area contributed by atoms with Crippen LogP contribution in [0.4, 0.5) is 5.95 Å². The van der Waals surface area contributed by atoms with E-state index in [0.717, 1.165) is 18.2 Å². The first-order valence-corrected chi connectivity index (χ1v) is 4.97. The highest BCUT2D eigenvalue weighted by atomic mass is 16.5. The third-order valence-electron chi connectivity index (χ3n) is 2.07. The lowest BCUT2D eigenvalue weighted by Gasteiger charge is -2.15. The molecule has 1 unspecified atom stereocenters. The second kappa shape index (κ2) is 5.00. The van der Waals surface area contributed by atoms with Gasteiger partial charge in [-0.05, 0) is 20.8 Å². The van der Waals surface area contributed by atoms with Crippen molar-refractivity contribution < 1.29 is 4.74 Å². The molecule has 0 amide bonds. The summed E-state index contributed by atoms with van der Waals surface area (Å²) in [6, 6.07) is 0.315. The van der Waals surface area contributed by atoms with Gasteiger partial charge in [0, 0.05) is 19.9 Å². The summed E-state index contributed by atoms with van der Waals surface area (Å²) < 4.78 is 7.24. The number of ether oxygens (including phenoxy) is 1. The number of hydrogen-bond acceptors (Lipinski definition) is 3. The van der Waals surface area contributed by atoms with Gasteiger partial charge in [-0.25, -0.2) is 4.98 Å². The Bertz CT molecular complexity index is 283. The number of imidazole rings is 1. The van der Waals surface area contributed by atoms with E-state index in [1.54, 1.807) is 7.11 Å². The summed E-state index contributed by atoms with van der Waals surface area (Å²) in [6.07, 6.45) is 2.04. The maximum Gasteiger partial charge on any atom is 0.203 e. The minimum absolute atomic E-state index is 0.315. The number of anilines is 1. The second-order valence-electron chi connectivity index (χ2n) is 3.45. The Balaban J connectivity index is 2.82. The van der Waals surface area contributed by atoms with Gasteiger partial charge in [0.2, 0.25) is 5.95 Å². The standard InChI is InChI=1S/C10H19N3O/c1-5-11-10-12-8(2)6-13(10)9(3)7-14-4/h6,9H,5,7H2,1-4H3,(H,11,12). The molecule has 0 saturated carbocycles. The minimum Gasteiger partial charge on any atom is -0.383 e. The Morgan fingerprint density at radius 2 is 2.36 bits per heavy atom. The van der Waals surface area contributed by atoms with Gasteiger partial charge in [0.05, 0.1) is 18.3 Å². The van der Waals surface area contributed by atoms with Crippen LogP contribution < -0.4 is 5.32 Å². The van der Waals surface area contributed by atoms with Crippen LogP contribution >= 0.6 is 0 Å². The molecule has 0 aliphatic rings. The molecule has 0 radical (unpaired) electrons. The molecular weight excluding hydrogens is 178 g/mol. The molecule has 0 aliphatic heterocycles. The zero-order chi connectivity index (χ0) is 10.6. The summed E-state index contributed by atoms with van der Waals surface area (Å²) in [5, 5.41) is 3.23. The average molecular weight is 197 g/mol. The molecular formula is C10H19N3O. The molecule has 0 aromatic carbocycles. The van der Waals surface area contributed by atoms with Gasteiger partial charge < -0.3 is 14.6 Å². The molecule has 1 atom stereocenters. The van der Waals surface area contributed by atoms with E-state index in [4.69, 9.17) is 4.74 Å². The van der Waals surface area contributed by atoms with E-state index < -0.39 is 0 Å². The molecule has 14 heavy (non-hydrogen) atoms. The van der Waals surface area contributed by atoms with Crippen LogP contribution in [0.2, 0.25) is 0 Å². The van der Waals surface area contributed by atoms with Crippen LogP contribution in [-0.2, 0) is 4.74 Å². The molecule has 4 heteroatoms. The number of nitrogens with one attached hydrogen (secondary N) is 1. The van der Waals surface area contributed by atoms with Gasteiger partial charge >= 0.3 is 0 Å². The van der Waals surface area contributed by atoms with E-state index in [-0.39, 0.29) is 0 Å². The monoisotopic (exact) mass is 197 g/mol. The topological polar surface area (TPSA) is 39.1 Å². The Morgan fingerprint density at radius 3 is 2.93 bits per heavy atom. The Hall–Kier alpha value is -1.03. The predicted molar refractivity (Wildman–Crippen MR) is 57.7 cm³/mol. The van der Waals surface area contributed by atoms with E-state index in [0.29, 0.717) is 12.6 Å². The van der Waals surface area contributed by atoms with Crippen LogP contribution in [0, 0.1) is 6.92 Å². The lowest BCUT2D eigenvalue weighted by Crippen LogP contribution is -2.14. The smallest absolute Gasteiger partial charge is 0.203 e. The number of aryl methyl sites for hydroxylation is 1. The fraction of sp³-hybridized carbons (Fsp3) is 0.700. The van der Waals surface area contributed by atoms with Crippen LogP contribution in [-0.4, -0.2) is 29.8 Å². The van der Waals surface area contributed by atoms with Crippen LogP contribution in [0.1, 0.15) is 25.6 Å². The molecule has 0 fully saturated rings. The molecule has 1 aromatic rings. The summed E-state index contributed by atoms with van der Waals surface area (Å²) >= 11 is 0. The van der Waals surface area contributed by atoms with Gasteiger partial charge in [-0.2, -0.15) is 0 Å². The van der Waals surface area contributed by atoms with Crippen LogP contribution in [0.25, 0.3) is 0 Å². The van der Waals surface area contributed by atoms with E-state index in [9.17, 15) is 0 Å². The third-order valence-corrected chi connectivity index (χ3v) is 2.07. The zero-order valence-electron chi connectivity index (χ0n) is 9.37. The van der Waals surface area contributed by atoms with Gasteiger partial charge in [-0.15, -0.1) is 0 Å². The normalized spacial score (nSPS) is 12.9. The van der Waals surface area contributed by atoms with E-state index in [1.807, 2.05) is 13.1 Å². The van der Waals surface area contributed by atoms with Gasteiger partial charge in [-0.3, -0.25) is 0 Å². The third kappa shape index (κ3) is 2.48. The van der Waals surface area contributed by atoms with Crippen molar-refractivity contribution in [1.29, 1.82) is 0 Å². The van der Waals surface area contributed by atoms with Crippen molar-refractivity contribution in [2.75, 3.05) is 25.6 Å². The second-order valence-corrected chi connectivity index (χ2v) is 3.45. The van der Waals surface area contributed by atoms with Crippen molar-refractivity contribution >= 4 is 5.95 Å². The van der Waals surface area contributed by atoms with Gasteiger partial charge in [0.25, 0.3) is 0 Å². The van der Waals surface area contributed by atoms with Crippen LogP contribution in [0.5, 0.6) is 0 Å². The average Bonchev–Trinajstić information content (AvgIpc) is 2.48. The molecule has 0 saturated heterocycles.